The highest BCUT2D eigenvalue weighted by Crippen LogP contribution is 2.36. The van der Waals surface area contributed by atoms with E-state index < -0.39 is 0 Å². The molecule has 1 saturated heterocycles. The number of benzene rings is 2. The summed E-state index contributed by atoms with van der Waals surface area (Å²) in [5, 5.41) is 0. The van der Waals surface area contributed by atoms with Crippen LogP contribution < -0.4 is 14.2 Å². The molecule has 0 aliphatic carbocycles. The second kappa shape index (κ2) is 9.18. The SMILES string of the molecule is COc1ccc(CN2CCCC3(CC2)CN(C(C)=O)Cc2ccccc2O3)cc1OC. The maximum Gasteiger partial charge on any atom is 0.219 e. The van der Waals surface area contributed by atoms with E-state index >= 15 is 0 Å². The van der Waals surface area contributed by atoms with Crippen LogP contribution in [0.5, 0.6) is 17.2 Å². The first kappa shape index (κ1) is 21.5. The number of ether oxygens (including phenoxy) is 3. The van der Waals surface area contributed by atoms with E-state index in [0.29, 0.717) is 13.1 Å². The summed E-state index contributed by atoms with van der Waals surface area (Å²) >= 11 is 0. The Kier molecular flexibility index (Phi) is 6.37. The zero-order valence-electron chi connectivity index (χ0n) is 18.7. The fraction of sp³-hybridized carbons (Fsp3) is 0.480. The van der Waals surface area contributed by atoms with Crippen molar-refractivity contribution in [2.75, 3.05) is 33.9 Å². The van der Waals surface area contributed by atoms with Gasteiger partial charge in [-0.1, -0.05) is 24.3 Å². The summed E-state index contributed by atoms with van der Waals surface area (Å²) in [7, 11) is 3.32. The topological polar surface area (TPSA) is 51.2 Å². The third kappa shape index (κ3) is 4.79. The Morgan fingerprint density at radius 3 is 2.65 bits per heavy atom. The zero-order valence-corrected chi connectivity index (χ0v) is 18.7. The largest absolute Gasteiger partial charge is 0.493 e. The van der Waals surface area contributed by atoms with Gasteiger partial charge in [-0.15, -0.1) is 0 Å². The first-order valence-corrected chi connectivity index (χ1v) is 11.0. The predicted octanol–water partition coefficient (Wildman–Crippen LogP) is 3.87. The smallest absolute Gasteiger partial charge is 0.219 e. The molecule has 0 aromatic heterocycles. The number of carbonyl (C=O) groups is 1. The van der Waals surface area contributed by atoms with Gasteiger partial charge in [-0.3, -0.25) is 9.69 Å². The maximum absolute atomic E-state index is 12.3. The van der Waals surface area contributed by atoms with Crippen LogP contribution >= 0.6 is 0 Å². The third-order valence-corrected chi connectivity index (χ3v) is 6.43. The molecule has 0 N–H and O–H groups in total. The van der Waals surface area contributed by atoms with Crippen LogP contribution in [0.25, 0.3) is 0 Å². The van der Waals surface area contributed by atoms with E-state index in [-0.39, 0.29) is 11.5 Å². The molecule has 4 rings (SSSR count). The minimum absolute atomic E-state index is 0.103. The molecule has 2 aliphatic heterocycles. The molecule has 0 bridgehead atoms. The van der Waals surface area contributed by atoms with Crippen molar-refractivity contribution in [2.24, 2.45) is 0 Å². The fourth-order valence-electron chi connectivity index (χ4n) is 4.71. The van der Waals surface area contributed by atoms with Gasteiger partial charge >= 0.3 is 0 Å². The lowest BCUT2D eigenvalue weighted by Gasteiger charge is -2.35. The zero-order chi connectivity index (χ0) is 21.8. The molecule has 1 atom stereocenters. The van der Waals surface area contributed by atoms with Crippen LogP contribution in [0.3, 0.4) is 0 Å². The second-order valence-corrected chi connectivity index (χ2v) is 8.59. The van der Waals surface area contributed by atoms with Crippen molar-refractivity contribution in [3.63, 3.8) is 0 Å². The average molecular weight is 425 g/mol. The van der Waals surface area contributed by atoms with Gasteiger partial charge in [0.25, 0.3) is 0 Å². The Morgan fingerprint density at radius 1 is 1.06 bits per heavy atom. The standard InChI is InChI=1S/C25H32N2O4/c1-19(28)27-17-21-7-4-5-8-22(21)31-25(18-27)11-6-13-26(14-12-25)16-20-9-10-23(29-2)24(15-20)30-3/h4-5,7-10,15H,6,11-14,16-18H2,1-3H3. The van der Waals surface area contributed by atoms with Gasteiger partial charge in [-0.25, -0.2) is 0 Å². The molecule has 2 aromatic carbocycles. The average Bonchev–Trinajstić information content (AvgIpc) is 3.07. The lowest BCUT2D eigenvalue weighted by molar-refractivity contribution is -0.132. The molecule has 1 spiro atoms. The summed E-state index contributed by atoms with van der Waals surface area (Å²) in [6.07, 6.45) is 2.85. The molecule has 1 amide bonds. The quantitative estimate of drug-likeness (QED) is 0.746. The summed E-state index contributed by atoms with van der Waals surface area (Å²) in [5.74, 6) is 2.52. The number of fused-ring (bicyclic) bond motifs is 1. The van der Waals surface area contributed by atoms with Gasteiger partial charge in [0.05, 0.1) is 20.8 Å². The lowest BCUT2D eigenvalue weighted by Crippen LogP contribution is -2.47. The molecule has 6 heteroatoms. The number of hydrogen-bond donors (Lipinski definition) is 0. The van der Waals surface area contributed by atoms with E-state index in [1.165, 1.54) is 5.56 Å². The summed E-state index contributed by atoms with van der Waals surface area (Å²) in [6, 6.07) is 14.2. The molecular weight excluding hydrogens is 392 g/mol. The number of likely N-dealkylation sites (tertiary alicyclic amines) is 1. The van der Waals surface area contributed by atoms with E-state index in [0.717, 1.165) is 61.7 Å². The van der Waals surface area contributed by atoms with Crippen LogP contribution in [0, 0.1) is 0 Å². The molecule has 2 aromatic rings. The van der Waals surface area contributed by atoms with Gasteiger partial charge < -0.3 is 19.1 Å². The van der Waals surface area contributed by atoms with Crippen LogP contribution in [0.15, 0.2) is 42.5 Å². The lowest BCUT2D eigenvalue weighted by atomic mass is 9.93. The molecule has 0 radical (unpaired) electrons. The number of para-hydroxylation sites is 1. The number of nitrogens with zero attached hydrogens (tertiary/aromatic N) is 2. The summed E-state index contributed by atoms with van der Waals surface area (Å²) in [6.45, 7) is 5.68. The van der Waals surface area contributed by atoms with Crippen LogP contribution in [0.1, 0.15) is 37.3 Å². The third-order valence-electron chi connectivity index (χ3n) is 6.43. The van der Waals surface area contributed by atoms with E-state index in [1.54, 1.807) is 21.1 Å². The van der Waals surface area contributed by atoms with Crippen LogP contribution in [-0.2, 0) is 17.9 Å². The van der Waals surface area contributed by atoms with Crippen molar-refractivity contribution >= 4 is 5.91 Å². The predicted molar refractivity (Wildman–Crippen MR) is 120 cm³/mol. The molecule has 2 aliphatic rings. The molecule has 31 heavy (non-hydrogen) atoms. The summed E-state index contributed by atoms with van der Waals surface area (Å²) < 4.78 is 17.5. The van der Waals surface area contributed by atoms with E-state index in [1.807, 2.05) is 29.2 Å². The van der Waals surface area contributed by atoms with E-state index in [9.17, 15) is 4.79 Å². The molecule has 166 valence electrons. The monoisotopic (exact) mass is 424 g/mol. The summed E-state index contributed by atoms with van der Waals surface area (Å²) in [4.78, 5) is 16.7. The Balaban J connectivity index is 1.50. The summed E-state index contributed by atoms with van der Waals surface area (Å²) in [5.41, 5.74) is 1.94. The minimum atomic E-state index is -0.343. The van der Waals surface area contributed by atoms with E-state index in [2.05, 4.69) is 23.1 Å². The van der Waals surface area contributed by atoms with Crippen molar-refractivity contribution in [3.8, 4) is 17.2 Å². The number of rotatable bonds is 4. The fourth-order valence-corrected chi connectivity index (χ4v) is 4.71. The van der Waals surface area contributed by atoms with Crippen LogP contribution in [0.4, 0.5) is 0 Å². The van der Waals surface area contributed by atoms with Crippen molar-refractivity contribution < 1.29 is 19.0 Å². The highest BCUT2D eigenvalue weighted by Gasteiger charge is 2.39. The van der Waals surface area contributed by atoms with Crippen LogP contribution in [0.2, 0.25) is 0 Å². The van der Waals surface area contributed by atoms with Gasteiger partial charge in [0.1, 0.15) is 11.4 Å². The van der Waals surface area contributed by atoms with Gasteiger partial charge in [-0.05, 0) is 43.1 Å². The van der Waals surface area contributed by atoms with Crippen molar-refractivity contribution in [3.05, 3.63) is 53.6 Å². The van der Waals surface area contributed by atoms with Gasteiger partial charge in [0, 0.05) is 38.5 Å². The molecule has 6 nitrogen and oxygen atoms in total. The Bertz CT molecular complexity index is 931. The van der Waals surface area contributed by atoms with Crippen molar-refractivity contribution in [1.29, 1.82) is 0 Å². The Hall–Kier alpha value is -2.73. The molecule has 2 heterocycles. The molecular formula is C25H32N2O4. The first-order valence-electron chi connectivity index (χ1n) is 11.0. The highest BCUT2D eigenvalue weighted by atomic mass is 16.5. The Morgan fingerprint density at radius 2 is 1.87 bits per heavy atom. The number of amides is 1. The minimum Gasteiger partial charge on any atom is -0.493 e. The van der Waals surface area contributed by atoms with Crippen molar-refractivity contribution in [2.45, 2.75) is 44.9 Å². The first-order chi connectivity index (χ1) is 15.0. The molecule has 1 fully saturated rings. The molecule has 0 saturated carbocycles. The Labute approximate surface area is 184 Å². The normalized spacial score (nSPS) is 21.6. The number of carbonyl (C=O) groups excluding carboxylic acids is 1. The second-order valence-electron chi connectivity index (χ2n) is 8.59. The van der Waals surface area contributed by atoms with Crippen molar-refractivity contribution in [1.82, 2.24) is 9.80 Å². The van der Waals surface area contributed by atoms with E-state index in [4.69, 9.17) is 14.2 Å². The van der Waals surface area contributed by atoms with Crippen LogP contribution in [-0.4, -0.2) is 55.2 Å². The maximum atomic E-state index is 12.3. The highest BCUT2D eigenvalue weighted by molar-refractivity contribution is 5.73. The molecule has 1 unspecified atom stereocenters. The number of hydrogen-bond acceptors (Lipinski definition) is 5. The van der Waals surface area contributed by atoms with Gasteiger partial charge in [0.2, 0.25) is 5.91 Å². The van der Waals surface area contributed by atoms with Gasteiger partial charge in [-0.2, -0.15) is 0 Å². The van der Waals surface area contributed by atoms with Gasteiger partial charge in [0.15, 0.2) is 11.5 Å². The number of methoxy groups -OCH3 is 2.